The molecule has 1 unspecified atom stereocenters. The number of carbonyl (C=O) groups excluding carboxylic acids is 2. The summed E-state index contributed by atoms with van der Waals surface area (Å²) in [6.07, 6.45) is 3.90. The SMILES string of the molecule is Cc1[nH]ncc1CCCNC1CC(=O)NC1=O. The third kappa shape index (κ3) is 2.91. The highest BCUT2D eigenvalue weighted by atomic mass is 16.2. The van der Waals surface area contributed by atoms with Crippen molar-refractivity contribution in [2.45, 2.75) is 32.2 Å². The van der Waals surface area contributed by atoms with Gasteiger partial charge in [-0.25, -0.2) is 0 Å². The number of hydrogen-bond acceptors (Lipinski definition) is 4. The summed E-state index contributed by atoms with van der Waals surface area (Å²) in [7, 11) is 0. The summed E-state index contributed by atoms with van der Waals surface area (Å²) in [5.74, 6) is -0.410. The van der Waals surface area contributed by atoms with Gasteiger partial charge >= 0.3 is 0 Å². The first-order valence-corrected chi connectivity index (χ1v) is 5.72. The van der Waals surface area contributed by atoms with Crippen LogP contribution in [0.25, 0.3) is 0 Å². The zero-order valence-corrected chi connectivity index (χ0v) is 9.75. The molecule has 1 aliphatic heterocycles. The number of rotatable bonds is 5. The molecule has 2 amide bonds. The number of H-pyrrole nitrogens is 1. The van der Waals surface area contributed by atoms with Crippen molar-refractivity contribution in [3.05, 3.63) is 17.5 Å². The van der Waals surface area contributed by atoms with Gasteiger partial charge in [-0.05, 0) is 31.9 Å². The molecule has 0 radical (unpaired) electrons. The fourth-order valence-electron chi connectivity index (χ4n) is 1.90. The number of aromatic amines is 1. The van der Waals surface area contributed by atoms with Gasteiger partial charge in [0.2, 0.25) is 11.8 Å². The number of aryl methyl sites for hydroxylation is 2. The van der Waals surface area contributed by atoms with Crippen LogP contribution in [0.3, 0.4) is 0 Å². The van der Waals surface area contributed by atoms with Gasteiger partial charge in [0.05, 0.1) is 18.7 Å². The molecule has 0 aliphatic carbocycles. The molecule has 0 bridgehead atoms. The highest BCUT2D eigenvalue weighted by molar-refractivity contribution is 6.05. The van der Waals surface area contributed by atoms with Crippen molar-refractivity contribution >= 4 is 11.8 Å². The lowest BCUT2D eigenvalue weighted by atomic mass is 10.1. The molecule has 2 heterocycles. The lowest BCUT2D eigenvalue weighted by Gasteiger charge is -2.08. The summed E-state index contributed by atoms with van der Waals surface area (Å²) in [5.41, 5.74) is 2.28. The van der Waals surface area contributed by atoms with Gasteiger partial charge in [-0.1, -0.05) is 0 Å². The molecule has 2 rings (SSSR count). The van der Waals surface area contributed by atoms with Crippen LogP contribution < -0.4 is 10.6 Å². The monoisotopic (exact) mass is 236 g/mol. The van der Waals surface area contributed by atoms with E-state index in [1.807, 2.05) is 13.1 Å². The number of aromatic nitrogens is 2. The molecule has 6 nitrogen and oxygen atoms in total. The Bertz CT molecular complexity index is 427. The molecule has 3 N–H and O–H groups in total. The maximum absolute atomic E-state index is 11.3. The Kier molecular flexibility index (Phi) is 3.53. The van der Waals surface area contributed by atoms with Crippen molar-refractivity contribution in [1.82, 2.24) is 20.8 Å². The largest absolute Gasteiger partial charge is 0.305 e. The summed E-state index contributed by atoms with van der Waals surface area (Å²) in [6, 6.07) is -0.354. The Balaban J connectivity index is 1.68. The molecule has 1 aliphatic rings. The number of nitrogens with one attached hydrogen (secondary N) is 3. The van der Waals surface area contributed by atoms with E-state index in [0.717, 1.165) is 25.1 Å². The molecular weight excluding hydrogens is 220 g/mol. The van der Waals surface area contributed by atoms with Crippen LogP contribution in [0.1, 0.15) is 24.1 Å². The van der Waals surface area contributed by atoms with Crippen LogP contribution in [-0.4, -0.2) is 34.6 Å². The van der Waals surface area contributed by atoms with Crippen molar-refractivity contribution in [2.75, 3.05) is 6.54 Å². The quantitative estimate of drug-likeness (QED) is 0.482. The van der Waals surface area contributed by atoms with Gasteiger partial charge in [0.15, 0.2) is 0 Å². The van der Waals surface area contributed by atoms with E-state index >= 15 is 0 Å². The molecule has 0 spiro atoms. The van der Waals surface area contributed by atoms with Gasteiger partial charge < -0.3 is 5.32 Å². The minimum Gasteiger partial charge on any atom is -0.305 e. The minimum absolute atomic E-state index is 0.196. The predicted molar refractivity (Wildman–Crippen MR) is 61.2 cm³/mol. The second-order valence-corrected chi connectivity index (χ2v) is 4.25. The number of imide groups is 1. The molecule has 0 aromatic carbocycles. The third-order valence-corrected chi connectivity index (χ3v) is 2.92. The van der Waals surface area contributed by atoms with Gasteiger partial charge in [0.1, 0.15) is 0 Å². The van der Waals surface area contributed by atoms with Crippen LogP contribution in [-0.2, 0) is 16.0 Å². The highest BCUT2D eigenvalue weighted by Gasteiger charge is 2.29. The molecule has 0 saturated carbocycles. The van der Waals surface area contributed by atoms with Gasteiger partial charge in [0, 0.05) is 5.69 Å². The van der Waals surface area contributed by atoms with Gasteiger partial charge in [-0.2, -0.15) is 5.10 Å². The summed E-state index contributed by atoms with van der Waals surface area (Å²) in [4.78, 5) is 22.2. The van der Waals surface area contributed by atoms with Crippen molar-refractivity contribution < 1.29 is 9.59 Å². The van der Waals surface area contributed by atoms with E-state index in [-0.39, 0.29) is 24.3 Å². The molecule has 17 heavy (non-hydrogen) atoms. The summed E-state index contributed by atoms with van der Waals surface area (Å²) in [5, 5.41) is 12.2. The van der Waals surface area contributed by atoms with E-state index in [2.05, 4.69) is 20.8 Å². The van der Waals surface area contributed by atoms with Gasteiger partial charge in [-0.15, -0.1) is 0 Å². The van der Waals surface area contributed by atoms with Crippen LogP contribution in [0.15, 0.2) is 6.20 Å². The Morgan fingerprint density at radius 1 is 1.53 bits per heavy atom. The molecule has 1 aromatic heterocycles. The Hall–Kier alpha value is -1.69. The maximum atomic E-state index is 11.3. The lowest BCUT2D eigenvalue weighted by molar-refractivity contribution is -0.125. The van der Waals surface area contributed by atoms with E-state index in [9.17, 15) is 9.59 Å². The Morgan fingerprint density at radius 2 is 2.35 bits per heavy atom. The van der Waals surface area contributed by atoms with Crippen molar-refractivity contribution in [1.29, 1.82) is 0 Å². The predicted octanol–water partition coefficient (Wildman–Crippen LogP) is -0.345. The smallest absolute Gasteiger partial charge is 0.244 e. The first-order valence-electron chi connectivity index (χ1n) is 5.72. The molecule has 1 atom stereocenters. The number of nitrogens with zero attached hydrogens (tertiary/aromatic N) is 1. The van der Waals surface area contributed by atoms with E-state index in [0.29, 0.717) is 0 Å². The molecule has 1 aromatic rings. The zero-order valence-electron chi connectivity index (χ0n) is 9.75. The molecule has 1 saturated heterocycles. The fraction of sp³-hybridized carbons (Fsp3) is 0.545. The van der Waals surface area contributed by atoms with Crippen molar-refractivity contribution in [2.24, 2.45) is 0 Å². The van der Waals surface area contributed by atoms with Crippen LogP contribution in [0.4, 0.5) is 0 Å². The second-order valence-electron chi connectivity index (χ2n) is 4.25. The Morgan fingerprint density at radius 3 is 2.94 bits per heavy atom. The van der Waals surface area contributed by atoms with Crippen LogP contribution in [0.2, 0.25) is 0 Å². The van der Waals surface area contributed by atoms with Gasteiger partial charge in [0.25, 0.3) is 0 Å². The molecular formula is C11H16N4O2. The maximum Gasteiger partial charge on any atom is 0.244 e. The summed E-state index contributed by atoms with van der Waals surface area (Å²) >= 11 is 0. The number of hydrogen-bond donors (Lipinski definition) is 3. The zero-order chi connectivity index (χ0) is 12.3. The summed E-state index contributed by atoms with van der Waals surface area (Å²) in [6.45, 7) is 2.70. The second kappa shape index (κ2) is 5.09. The molecule has 92 valence electrons. The normalized spacial score (nSPS) is 19.7. The highest BCUT2D eigenvalue weighted by Crippen LogP contribution is 2.06. The summed E-state index contributed by atoms with van der Waals surface area (Å²) < 4.78 is 0. The van der Waals surface area contributed by atoms with Gasteiger partial charge in [-0.3, -0.25) is 20.0 Å². The van der Waals surface area contributed by atoms with E-state index in [1.165, 1.54) is 5.56 Å². The topological polar surface area (TPSA) is 86.9 Å². The number of amides is 2. The Labute approximate surface area is 99.2 Å². The number of carbonyl (C=O) groups is 2. The van der Waals surface area contributed by atoms with E-state index < -0.39 is 0 Å². The van der Waals surface area contributed by atoms with Crippen molar-refractivity contribution in [3.8, 4) is 0 Å². The van der Waals surface area contributed by atoms with E-state index in [1.54, 1.807) is 0 Å². The minimum atomic E-state index is -0.354. The first-order chi connectivity index (χ1) is 8.16. The first kappa shape index (κ1) is 11.8. The van der Waals surface area contributed by atoms with Crippen LogP contribution in [0.5, 0.6) is 0 Å². The fourth-order valence-corrected chi connectivity index (χ4v) is 1.90. The van der Waals surface area contributed by atoms with E-state index in [4.69, 9.17) is 0 Å². The third-order valence-electron chi connectivity index (χ3n) is 2.92. The standard InChI is InChI=1S/C11H16N4O2/c1-7-8(6-13-15-7)3-2-4-12-9-5-10(16)14-11(9)17/h6,9,12H,2-5H2,1H3,(H,13,15)(H,14,16,17). The van der Waals surface area contributed by atoms with Crippen LogP contribution >= 0.6 is 0 Å². The van der Waals surface area contributed by atoms with Crippen molar-refractivity contribution in [3.63, 3.8) is 0 Å². The average Bonchev–Trinajstić information content (AvgIpc) is 2.81. The average molecular weight is 236 g/mol. The lowest BCUT2D eigenvalue weighted by Crippen LogP contribution is -2.36. The molecule has 6 heteroatoms. The van der Waals surface area contributed by atoms with Crippen LogP contribution in [0, 0.1) is 6.92 Å². The molecule has 1 fully saturated rings.